The van der Waals surface area contributed by atoms with Crippen LogP contribution in [0.25, 0.3) is 5.69 Å². The molecule has 0 spiro atoms. The predicted molar refractivity (Wildman–Crippen MR) is 101 cm³/mol. The topological polar surface area (TPSA) is 46.8 Å². The second kappa shape index (κ2) is 8.13. The van der Waals surface area contributed by atoms with Crippen LogP contribution in [0.2, 0.25) is 0 Å². The summed E-state index contributed by atoms with van der Waals surface area (Å²) < 4.78 is 30.7. The fraction of sp³-hybridized carbons (Fsp3) is 0.158. The fourth-order valence-electron chi connectivity index (χ4n) is 2.43. The van der Waals surface area contributed by atoms with Crippen LogP contribution in [-0.2, 0) is 0 Å². The number of nitrogens with zero attached hydrogens (tertiary/aromatic N) is 3. The minimum absolute atomic E-state index is 0.0691. The summed E-state index contributed by atoms with van der Waals surface area (Å²) in [5.41, 5.74) is 1.43. The van der Waals surface area contributed by atoms with Crippen molar-refractivity contribution in [2.45, 2.75) is 13.5 Å². The predicted octanol–water partition coefficient (Wildman–Crippen LogP) is 4.61. The maximum absolute atomic E-state index is 12.5. The third-order valence-electron chi connectivity index (χ3n) is 3.73. The van der Waals surface area contributed by atoms with Gasteiger partial charge in [0.15, 0.2) is 4.80 Å². The maximum atomic E-state index is 12.5. The molecule has 0 saturated heterocycles. The summed E-state index contributed by atoms with van der Waals surface area (Å²) in [5, 5.41) is 0. The summed E-state index contributed by atoms with van der Waals surface area (Å²) in [5.74, 6) is 0.0691. The number of rotatable bonds is 4. The van der Waals surface area contributed by atoms with Gasteiger partial charge >= 0.3 is 12.6 Å². The Morgan fingerprint density at radius 3 is 2.44 bits per heavy atom. The number of amides is 2. The molecule has 27 heavy (non-hydrogen) atoms. The molecular weight excluding hydrogens is 372 g/mol. The van der Waals surface area contributed by atoms with Gasteiger partial charge in [0.25, 0.3) is 0 Å². The molecule has 0 unspecified atom stereocenters. The molecule has 0 atom stereocenters. The van der Waals surface area contributed by atoms with Gasteiger partial charge in [0.1, 0.15) is 5.75 Å². The Hall–Kier alpha value is -3.00. The Bertz CT molecular complexity index is 982. The number of hydrogen-bond donors (Lipinski definition) is 0. The van der Waals surface area contributed by atoms with Crippen LogP contribution in [0, 0.1) is 6.92 Å². The number of anilines is 1. The molecule has 140 valence electrons. The summed E-state index contributed by atoms with van der Waals surface area (Å²) in [6, 6.07) is 15.0. The number of halogens is 2. The summed E-state index contributed by atoms with van der Waals surface area (Å²) in [4.78, 5) is 19.7. The van der Waals surface area contributed by atoms with Crippen molar-refractivity contribution in [1.82, 2.24) is 4.57 Å². The summed E-state index contributed by atoms with van der Waals surface area (Å²) in [6.07, 6.45) is 1.84. The standard InChI is InChI=1S/C19H17F2N3O2S/c1-13-12-24(15-8-10-16(11-9-15)26-17(20)21)19(27-13)22-18(25)23(2)14-6-4-3-5-7-14/h3-12,17H,1-2H3. The lowest BCUT2D eigenvalue weighted by atomic mass is 10.3. The summed E-state index contributed by atoms with van der Waals surface area (Å²) in [6.45, 7) is -0.969. The molecule has 0 aliphatic rings. The van der Waals surface area contributed by atoms with Crippen LogP contribution in [0.3, 0.4) is 0 Å². The number of para-hydroxylation sites is 1. The smallest absolute Gasteiger partial charge is 0.387 e. The van der Waals surface area contributed by atoms with E-state index in [1.807, 2.05) is 43.5 Å². The van der Waals surface area contributed by atoms with Crippen LogP contribution in [-0.4, -0.2) is 24.3 Å². The van der Waals surface area contributed by atoms with Crippen LogP contribution < -0.4 is 14.4 Å². The lowest BCUT2D eigenvalue weighted by molar-refractivity contribution is -0.0498. The average molecular weight is 389 g/mol. The number of alkyl halides is 2. The van der Waals surface area contributed by atoms with E-state index >= 15 is 0 Å². The molecular formula is C19H17F2N3O2S. The number of benzene rings is 2. The van der Waals surface area contributed by atoms with E-state index in [4.69, 9.17) is 0 Å². The van der Waals surface area contributed by atoms with Gasteiger partial charge in [0, 0.05) is 29.5 Å². The molecule has 8 heteroatoms. The van der Waals surface area contributed by atoms with E-state index in [0.29, 0.717) is 10.5 Å². The second-order valence-corrected chi connectivity index (χ2v) is 6.87. The molecule has 3 rings (SSSR count). The first-order valence-corrected chi connectivity index (χ1v) is 8.87. The quantitative estimate of drug-likeness (QED) is 0.654. The van der Waals surface area contributed by atoms with Gasteiger partial charge in [-0.05, 0) is 43.3 Å². The average Bonchev–Trinajstić information content (AvgIpc) is 3.02. The van der Waals surface area contributed by atoms with Crippen molar-refractivity contribution in [1.29, 1.82) is 0 Å². The van der Waals surface area contributed by atoms with Gasteiger partial charge in [-0.2, -0.15) is 13.8 Å². The normalized spacial score (nSPS) is 11.7. The molecule has 1 heterocycles. The van der Waals surface area contributed by atoms with Crippen molar-refractivity contribution in [3.05, 3.63) is 70.5 Å². The minimum Gasteiger partial charge on any atom is -0.435 e. The Morgan fingerprint density at radius 1 is 1.15 bits per heavy atom. The molecule has 3 aromatic rings. The molecule has 0 fully saturated rings. The first-order valence-electron chi connectivity index (χ1n) is 8.06. The highest BCUT2D eigenvalue weighted by molar-refractivity contribution is 7.09. The molecule has 0 bridgehead atoms. The SMILES string of the molecule is Cc1cn(-c2ccc(OC(F)F)cc2)c(=NC(=O)N(C)c2ccccc2)s1. The molecule has 0 radical (unpaired) electrons. The number of ether oxygens (including phenoxy) is 1. The van der Waals surface area contributed by atoms with E-state index in [1.165, 1.54) is 28.4 Å². The van der Waals surface area contributed by atoms with Crippen molar-refractivity contribution in [3.8, 4) is 11.4 Å². The van der Waals surface area contributed by atoms with Gasteiger partial charge in [0.2, 0.25) is 0 Å². The Labute approximate surface area is 158 Å². The lowest BCUT2D eigenvalue weighted by Gasteiger charge is -2.13. The first kappa shape index (κ1) is 18.8. The Kier molecular flexibility index (Phi) is 5.66. The zero-order chi connectivity index (χ0) is 19.4. The lowest BCUT2D eigenvalue weighted by Crippen LogP contribution is -2.26. The Morgan fingerprint density at radius 2 is 1.81 bits per heavy atom. The summed E-state index contributed by atoms with van der Waals surface area (Å²) in [7, 11) is 1.66. The van der Waals surface area contributed by atoms with E-state index in [0.717, 1.165) is 10.6 Å². The fourth-order valence-corrected chi connectivity index (χ4v) is 3.25. The van der Waals surface area contributed by atoms with Crippen molar-refractivity contribution in [3.63, 3.8) is 0 Å². The van der Waals surface area contributed by atoms with Gasteiger partial charge in [0.05, 0.1) is 0 Å². The number of carbonyl (C=O) groups is 1. The van der Waals surface area contributed by atoms with Gasteiger partial charge in [-0.3, -0.25) is 9.47 Å². The number of thiazole rings is 1. The summed E-state index contributed by atoms with van der Waals surface area (Å²) >= 11 is 1.36. The largest absolute Gasteiger partial charge is 0.435 e. The van der Waals surface area contributed by atoms with Crippen molar-refractivity contribution in [2.24, 2.45) is 4.99 Å². The Balaban J connectivity index is 1.91. The van der Waals surface area contributed by atoms with Gasteiger partial charge in [-0.25, -0.2) is 4.79 Å². The van der Waals surface area contributed by atoms with Crippen LogP contribution in [0.5, 0.6) is 5.75 Å². The van der Waals surface area contributed by atoms with E-state index in [9.17, 15) is 13.6 Å². The number of aromatic nitrogens is 1. The van der Waals surface area contributed by atoms with Crippen LogP contribution in [0.1, 0.15) is 4.88 Å². The minimum atomic E-state index is -2.87. The van der Waals surface area contributed by atoms with Crippen LogP contribution >= 0.6 is 11.3 Å². The molecule has 2 amide bonds. The highest BCUT2D eigenvalue weighted by Gasteiger charge is 2.11. The molecule has 1 aromatic heterocycles. The van der Waals surface area contributed by atoms with Crippen molar-refractivity contribution < 1.29 is 18.3 Å². The monoisotopic (exact) mass is 389 g/mol. The van der Waals surface area contributed by atoms with Gasteiger partial charge in [-0.1, -0.05) is 18.2 Å². The van der Waals surface area contributed by atoms with Crippen molar-refractivity contribution >= 4 is 23.1 Å². The van der Waals surface area contributed by atoms with E-state index in [2.05, 4.69) is 9.73 Å². The van der Waals surface area contributed by atoms with Crippen LogP contribution in [0.15, 0.2) is 65.8 Å². The van der Waals surface area contributed by atoms with E-state index in [-0.39, 0.29) is 5.75 Å². The van der Waals surface area contributed by atoms with Gasteiger partial charge < -0.3 is 4.74 Å². The maximum Gasteiger partial charge on any atom is 0.387 e. The first-order chi connectivity index (χ1) is 12.9. The molecule has 2 aromatic carbocycles. The third kappa shape index (κ3) is 4.59. The molecule has 0 aliphatic heterocycles. The van der Waals surface area contributed by atoms with Crippen LogP contribution in [0.4, 0.5) is 19.3 Å². The highest BCUT2D eigenvalue weighted by Crippen LogP contribution is 2.18. The molecule has 0 aliphatic carbocycles. The highest BCUT2D eigenvalue weighted by atomic mass is 32.1. The van der Waals surface area contributed by atoms with E-state index < -0.39 is 12.6 Å². The zero-order valence-corrected chi connectivity index (χ0v) is 15.5. The number of urea groups is 1. The molecule has 5 nitrogen and oxygen atoms in total. The second-order valence-electron chi connectivity index (χ2n) is 5.66. The number of carbonyl (C=O) groups excluding carboxylic acids is 1. The molecule has 0 N–H and O–H groups in total. The number of hydrogen-bond acceptors (Lipinski definition) is 3. The van der Waals surface area contributed by atoms with E-state index in [1.54, 1.807) is 23.7 Å². The molecule has 0 saturated carbocycles. The zero-order valence-electron chi connectivity index (χ0n) is 14.7. The van der Waals surface area contributed by atoms with Crippen molar-refractivity contribution in [2.75, 3.05) is 11.9 Å². The number of aryl methyl sites for hydroxylation is 1. The third-order valence-corrected chi connectivity index (χ3v) is 4.63. The van der Waals surface area contributed by atoms with Gasteiger partial charge in [-0.15, -0.1) is 11.3 Å².